The molecule has 3 rings (SSSR count). The fourth-order valence-corrected chi connectivity index (χ4v) is 2.12. The third-order valence-electron chi connectivity index (χ3n) is 3.13. The fourth-order valence-electron chi connectivity index (χ4n) is 2.12. The van der Waals surface area contributed by atoms with Gasteiger partial charge in [-0.15, -0.1) is 0 Å². The molecule has 122 valence electrons. The van der Waals surface area contributed by atoms with Gasteiger partial charge in [0.25, 0.3) is 0 Å². The van der Waals surface area contributed by atoms with Crippen LogP contribution in [0.4, 0.5) is 11.6 Å². The molecule has 0 aliphatic carbocycles. The molecule has 1 N–H and O–H groups in total. The molecule has 0 spiro atoms. The van der Waals surface area contributed by atoms with E-state index in [0.717, 1.165) is 5.69 Å². The monoisotopic (exact) mass is 322 g/mol. The molecule has 0 saturated carbocycles. The van der Waals surface area contributed by atoms with Crippen molar-refractivity contribution >= 4 is 11.6 Å². The molecule has 3 heterocycles. The summed E-state index contributed by atoms with van der Waals surface area (Å²) in [7, 11) is 0. The summed E-state index contributed by atoms with van der Waals surface area (Å²) in [4.78, 5) is 12.8. The zero-order chi connectivity index (χ0) is 16.8. The number of hydrogen-bond donors (Lipinski definition) is 1. The highest BCUT2D eigenvalue weighted by Gasteiger charge is 2.09. The number of nitrogens with zero attached hydrogens (tertiary/aromatic N) is 3. The highest BCUT2D eigenvalue weighted by molar-refractivity contribution is 5.61. The lowest BCUT2D eigenvalue weighted by Crippen LogP contribution is -2.02. The second kappa shape index (κ2) is 7.41. The van der Waals surface area contributed by atoms with Crippen LogP contribution in [0.1, 0.15) is 12.6 Å². The molecule has 6 nitrogen and oxygen atoms in total. The molecule has 0 fully saturated rings. The van der Waals surface area contributed by atoms with Gasteiger partial charge < -0.3 is 14.8 Å². The van der Waals surface area contributed by atoms with Gasteiger partial charge in [-0.05, 0) is 38.1 Å². The number of ether oxygens (including phenoxy) is 2. The van der Waals surface area contributed by atoms with E-state index >= 15 is 0 Å². The standard InChI is InChI=1S/C18H18N4O2/c1-3-23-16-10-15(24-14-7-5-9-19-11-14)12-20-18(16)22-17-8-4-6-13(2)21-17/h4-12H,3H2,1-2H3,(H,20,21,22). The molecule has 0 radical (unpaired) electrons. The Morgan fingerprint density at radius 1 is 1.08 bits per heavy atom. The molecular formula is C18H18N4O2. The lowest BCUT2D eigenvalue weighted by atomic mass is 10.3. The minimum absolute atomic E-state index is 0.522. The molecule has 6 heteroatoms. The molecule has 0 aliphatic heterocycles. The molecule has 0 bridgehead atoms. The smallest absolute Gasteiger partial charge is 0.174 e. The third kappa shape index (κ3) is 3.98. The van der Waals surface area contributed by atoms with Crippen LogP contribution in [-0.2, 0) is 0 Å². The van der Waals surface area contributed by atoms with E-state index in [1.807, 2.05) is 44.2 Å². The van der Waals surface area contributed by atoms with Gasteiger partial charge in [0.1, 0.15) is 17.3 Å². The summed E-state index contributed by atoms with van der Waals surface area (Å²) in [6, 6.07) is 11.2. The summed E-state index contributed by atoms with van der Waals surface area (Å²) in [5, 5.41) is 3.17. The van der Waals surface area contributed by atoms with Gasteiger partial charge in [0.15, 0.2) is 11.6 Å². The Morgan fingerprint density at radius 3 is 2.75 bits per heavy atom. The molecule has 24 heavy (non-hydrogen) atoms. The third-order valence-corrected chi connectivity index (χ3v) is 3.13. The van der Waals surface area contributed by atoms with Crippen LogP contribution in [0, 0.1) is 6.92 Å². The first-order valence-corrected chi connectivity index (χ1v) is 7.66. The number of nitrogens with one attached hydrogen (secondary N) is 1. The first-order chi connectivity index (χ1) is 11.7. The highest BCUT2D eigenvalue weighted by atomic mass is 16.5. The lowest BCUT2D eigenvalue weighted by molar-refractivity contribution is 0.338. The fraction of sp³-hybridized carbons (Fsp3) is 0.167. The molecule has 0 saturated heterocycles. The van der Waals surface area contributed by atoms with Gasteiger partial charge in [-0.3, -0.25) is 4.98 Å². The van der Waals surface area contributed by atoms with Gasteiger partial charge in [0.2, 0.25) is 0 Å². The van der Waals surface area contributed by atoms with E-state index in [4.69, 9.17) is 9.47 Å². The van der Waals surface area contributed by atoms with Crippen molar-refractivity contribution in [3.8, 4) is 17.2 Å². The predicted molar refractivity (Wildman–Crippen MR) is 92.0 cm³/mol. The second-order valence-corrected chi connectivity index (χ2v) is 5.03. The van der Waals surface area contributed by atoms with Crippen molar-refractivity contribution < 1.29 is 9.47 Å². The van der Waals surface area contributed by atoms with Crippen LogP contribution < -0.4 is 14.8 Å². The topological polar surface area (TPSA) is 69.2 Å². The lowest BCUT2D eigenvalue weighted by Gasteiger charge is -2.13. The Hall–Kier alpha value is -3.15. The van der Waals surface area contributed by atoms with Crippen LogP contribution in [0.5, 0.6) is 17.2 Å². The van der Waals surface area contributed by atoms with Crippen molar-refractivity contribution in [1.82, 2.24) is 15.0 Å². The van der Waals surface area contributed by atoms with Crippen molar-refractivity contribution in [2.75, 3.05) is 11.9 Å². The summed E-state index contributed by atoms with van der Waals surface area (Å²) in [5.74, 6) is 3.12. The van der Waals surface area contributed by atoms with Gasteiger partial charge in [0.05, 0.1) is 19.0 Å². The summed E-state index contributed by atoms with van der Waals surface area (Å²) < 4.78 is 11.4. The first kappa shape index (κ1) is 15.7. The van der Waals surface area contributed by atoms with E-state index in [9.17, 15) is 0 Å². The summed E-state index contributed by atoms with van der Waals surface area (Å²) >= 11 is 0. The van der Waals surface area contributed by atoms with Crippen LogP contribution in [0.15, 0.2) is 55.0 Å². The molecule has 0 atom stereocenters. The van der Waals surface area contributed by atoms with Crippen molar-refractivity contribution in [3.63, 3.8) is 0 Å². The van der Waals surface area contributed by atoms with Crippen LogP contribution in [0.2, 0.25) is 0 Å². The normalized spacial score (nSPS) is 10.2. The number of anilines is 2. The van der Waals surface area contributed by atoms with E-state index in [-0.39, 0.29) is 0 Å². The van der Waals surface area contributed by atoms with Crippen LogP contribution in [0.3, 0.4) is 0 Å². The number of rotatable bonds is 6. The maximum absolute atomic E-state index is 5.74. The second-order valence-electron chi connectivity index (χ2n) is 5.03. The zero-order valence-corrected chi connectivity index (χ0v) is 13.6. The number of aryl methyl sites for hydroxylation is 1. The van der Waals surface area contributed by atoms with E-state index in [2.05, 4.69) is 20.3 Å². The SMILES string of the molecule is CCOc1cc(Oc2cccnc2)cnc1Nc1cccc(C)n1. The highest BCUT2D eigenvalue weighted by Crippen LogP contribution is 2.31. The van der Waals surface area contributed by atoms with Gasteiger partial charge >= 0.3 is 0 Å². The van der Waals surface area contributed by atoms with Gasteiger partial charge in [-0.2, -0.15) is 0 Å². The molecule has 0 amide bonds. The maximum Gasteiger partial charge on any atom is 0.174 e. The van der Waals surface area contributed by atoms with E-state index in [0.29, 0.717) is 35.5 Å². The van der Waals surface area contributed by atoms with Crippen molar-refractivity contribution in [3.05, 3.63) is 60.7 Å². The number of pyridine rings is 3. The molecule has 3 aromatic heterocycles. The van der Waals surface area contributed by atoms with E-state index in [1.165, 1.54) is 0 Å². The zero-order valence-electron chi connectivity index (χ0n) is 13.6. The molecule has 0 unspecified atom stereocenters. The molecular weight excluding hydrogens is 304 g/mol. The Morgan fingerprint density at radius 2 is 2.00 bits per heavy atom. The summed E-state index contributed by atoms with van der Waals surface area (Å²) in [5.41, 5.74) is 0.925. The van der Waals surface area contributed by atoms with Crippen LogP contribution in [-0.4, -0.2) is 21.6 Å². The first-order valence-electron chi connectivity index (χ1n) is 7.66. The average Bonchev–Trinajstić information content (AvgIpc) is 2.58. The Kier molecular flexibility index (Phi) is 4.86. The Labute approximate surface area is 140 Å². The van der Waals surface area contributed by atoms with Crippen LogP contribution >= 0.6 is 0 Å². The number of aromatic nitrogens is 3. The quantitative estimate of drug-likeness (QED) is 0.736. The summed E-state index contributed by atoms with van der Waals surface area (Å²) in [6.07, 6.45) is 4.97. The van der Waals surface area contributed by atoms with Crippen molar-refractivity contribution in [2.45, 2.75) is 13.8 Å². The van der Waals surface area contributed by atoms with E-state index in [1.54, 1.807) is 24.7 Å². The van der Waals surface area contributed by atoms with Gasteiger partial charge in [-0.1, -0.05) is 6.07 Å². The molecule has 3 aromatic rings. The van der Waals surface area contributed by atoms with Crippen LogP contribution in [0.25, 0.3) is 0 Å². The van der Waals surface area contributed by atoms with Gasteiger partial charge in [-0.25, -0.2) is 9.97 Å². The minimum Gasteiger partial charge on any atom is -0.490 e. The van der Waals surface area contributed by atoms with E-state index < -0.39 is 0 Å². The van der Waals surface area contributed by atoms with Crippen molar-refractivity contribution in [2.24, 2.45) is 0 Å². The summed E-state index contributed by atoms with van der Waals surface area (Å²) in [6.45, 7) is 4.38. The molecule has 0 aromatic carbocycles. The average molecular weight is 322 g/mol. The largest absolute Gasteiger partial charge is 0.490 e. The predicted octanol–water partition coefficient (Wildman–Crippen LogP) is 4.11. The number of hydrogen-bond acceptors (Lipinski definition) is 6. The van der Waals surface area contributed by atoms with Gasteiger partial charge in [0, 0.05) is 18.0 Å². The van der Waals surface area contributed by atoms with Crippen molar-refractivity contribution in [1.29, 1.82) is 0 Å². The Balaban J connectivity index is 1.84. The minimum atomic E-state index is 0.522. The Bertz CT molecular complexity index is 809. The molecule has 0 aliphatic rings. The maximum atomic E-state index is 5.74.